The predicted molar refractivity (Wildman–Crippen MR) is 211 cm³/mol. The lowest BCUT2D eigenvalue weighted by Crippen LogP contribution is -1.97. The van der Waals surface area contributed by atoms with Gasteiger partial charge in [0.2, 0.25) is 0 Å². The van der Waals surface area contributed by atoms with Gasteiger partial charge in [-0.05, 0) is 76.5 Å². The lowest BCUT2D eigenvalue weighted by molar-refractivity contribution is 1.17. The third kappa shape index (κ3) is 5.13. The van der Waals surface area contributed by atoms with E-state index in [2.05, 4.69) is 179 Å². The van der Waals surface area contributed by atoms with Crippen molar-refractivity contribution >= 4 is 43.5 Å². The van der Waals surface area contributed by atoms with Crippen LogP contribution in [0, 0.1) is 0 Å². The number of pyridine rings is 1. The summed E-state index contributed by atoms with van der Waals surface area (Å²) in [6, 6.07) is 62.1. The summed E-state index contributed by atoms with van der Waals surface area (Å²) in [7, 11) is 0. The molecule has 3 aromatic heterocycles. The first-order chi connectivity index (χ1) is 25.2. The molecule has 0 aliphatic heterocycles. The SMILES string of the molecule is c1ccc2cc(-c3cc(-c4ccc(-n5c6ccccc6c6ccccc65)cc4)nc(-c4ccc(-c5ccc6ncccc6c5)cc4)n3)ccc2c1. The molecule has 0 fully saturated rings. The van der Waals surface area contributed by atoms with Crippen LogP contribution in [-0.4, -0.2) is 19.5 Å². The number of aromatic nitrogens is 4. The van der Waals surface area contributed by atoms with Crippen LogP contribution in [0.3, 0.4) is 0 Å². The van der Waals surface area contributed by atoms with Gasteiger partial charge in [0.25, 0.3) is 0 Å². The molecule has 4 heteroatoms. The molecule has 0 unspecified atom stereocenters. The van der Waals surface area contributed by atoms with Crippen molar-refractivity contribution in [1.82, 2.24) is 19.5 Å². The van der Waals surface area contributed by atoms with Crippen LogP contribution in [0.15, 0.2) is 182 Å². The summed E-state index contributed by atoms with van der Waals surface area (Å²) in [5.41, 5.74) is 11.6. The van der Waals surface area contributed by atoms with Gasteiger partial charge in [-0.25, -0.2) is 9.97 Å². The number of hydrogen-bond acceptors (Lipinski definition) is 3. The van der Waals surface area contributed by atoms with E-state index in [4.69, 9.17) is 9.97 Å². The Labute approximate surface area is 295 Å². The molecule has 4 nitrogen and oxygen atoms in total. The first-order valence-corrected chi connectivity index (χ1v) is 17.2. The fourth-order valence-electron chi connectivity index (χ4n) is 7.27. The fourth-order valence-corrected chi connectivity index (χ4v) is 7.27. The summed E-state index contributed by atoms with van der Waals surface area (Å²) in [5.74, 6) is 0.691. The van der Waals surface area contributed by atoms with E-state index in [1.807, 2.05) is 12.3 Å². The first-order valence-electron chi connectivity index (χ1n) is 17.2. The van der Waals surface area contributed by atoms with Gasteiger partial charge in [0, 0.05) is 44.7 Å². The largest absolute Gasteiger partial charge is 0.309 e. The number of rotatable bonds is 5. The van der Waals surface area contributed by atoms with E-state index in [0.29, 0.717) is 5.82 Å². The number of para-hydroxylation sites is 2. The van der Waals surface area contributed by atoms with Crippen LogP contribution in [-0.2, 0) is 0 Å². The highest BCUT2D eigenvalue weighted by Crippen LogP contribution is 2.34. The molecule has 238 valence electrons. The highest BCUT2D eigenvalue weighted by Gasteiger charge is 2.14. The van der Waals surface area contributed by atoms with Gasteiger partial charge in [0.15, 0.2) is 5.82 Å². The van der Waals surface area contributed by atoms with E-state index >= 15 is 0 Å². The standard InChI is InChI=1S/C47H30N4/c1-2-9-35-28-38(20-17-31(35)8-1)44-30-43(33-21-24-39(25-22-33)51-45-13-5-3-11-40(45)41-12-4-6-14-46(41)51)49-47(50-44)34-18-15-32(16-19-34)36-23-26-42-37(29-36)10-7-27-48-42/h1-30H. The molecule has 0 aliphatic carbocycles. The second kappa shape index (κ2) is 11.9. The van der Waals surface area contributed by atoms with Gasteiger partial charge in [-0.3, -0.25) is 4.98 Å². The average Bonchev–Trinajstić information content (AvgIpc) is 3.55. The molecule has 10 aromatic rings. The van der Waals surface area contributed by atoms with Crippen molar-refractivity contribution < 1.29 is 0 Å². The quantitative estimate of drug-likeness (QED) is 0.186. The van der Waals surface area contributed by atoms with Gasteiger partial charge >= 0.3 is 0 Å². The number of hydrogen-bond donors (Lipinski definition) is 0. The molecular formula is C47H30N4. The minimum atomic E-state index is 0.691. The number of benzene rings is 7. The molecule has 7 aromatic carbocycles. The average molecular weight is 651 g/mol. The van der Waals surface area contributed by atoms with Gasteiger partial charge in [-0.1, -0.05) is 121 Å². The van der Waals surface area contributed by atoms with E-state index in [1.54, 1.807) is 0 Å². The van der Waals surface area contributed by atoms with E-state index in [9.17, 15) is 0 Å². The summed E-state index contributed by atoms with van der Waals surface area (Å²) in [6.07, 6.45) is 1.83. The topological polar surface area (TPSA) is 43.6 Å². The molecular weight excluding hydrogens is 621 g/mol. The lowest BCUT2D eigenvalue weighted by atomic mass is 10.0. The smallest absolute Gasteiger partial charge is 0.160 e. The zero-order valence-corrected chi connectivity index (χ0v) is 27.6. The van der Waals surface area contributed by atoms with Crippen LogP contribution in [0.1, 0.15) is 0 Å². The molecule has 0 radical (unpaired) electrons. The van der Waals surface area contributed by atoms with Crippen molar-refractivity contribution in [2.75, 3.05) is 0 Å². The second-order valence-corrected chi connectivity index (χ2v) is 12.9. The van der Waals surface area contributed by atoms with Gasteiger partial charge in [0.1, 0.15) is 0 Å². The van der Waals surface area contributed by atoms with Crippen molar-refractivity contribution in [2.45, 2.75) is 0 Å². The normalized spacial score (nSPS) is 11.5. The molecule has 0 spiro atoms. The molecule has 3 heterocycles. The van der Waals surface area contributed by atoms with E-state index in [0.717, 1.165) is 55.8 Å². The lowest BCUT2D eigenvalue weighted by Gasteiger charge is -2.12. The van der Waals surface area contributed by atoms with Crippen LogP contribution in [0.25, 0.3) is 94.2 Å². The molecule has 10 rings (SSSR count). The van der Waals surface area contributed by atoms with Crippen molar-refractivity contribution in [3.8, 4) is 50.7 Å². The third-order valence-electron chi connectivity index (χ3n) is 9.85. The van der Waals surface area contributed by atoms with Crippen LogP contribution in [0.5, 0.6) is 0 Å². The minimum absolute atomic E-state index is 0.691. The minimum Gasteiger partial charge on any atom is -0.309 e. The highest BCUT2D eigenvalue weighted by molar-refractivity contribution is 6.09. The zero-order chi connectivity index (χ0) is 33.7. The van der Waals surface area contributed by atoms with Gasteiger partial charge in [-0.2, -0.15) is 0 Å². The maximum Gasteiger partial charge on any atom is 0.160 e. The molecule has 0 amide bonds. The Kier molecular flexibility index (Phi) is 6.78. The van der Waals surface area contributed by atoms with E-state index in [1.165, 1.54) is 32.6 Å². The first kappa shape index (κ1) is 29.0. The van der Waals surface area contributed by atoms with Gasteiger partial charge in [-0.15, -0.1) is 0 Å². The Morgan fingerprint density at radius 2 is 0.941 bits per heavy atom. The maximum absolute atomic E-state index is 5.17. The van der Waals surface area contributed by atoms with Gasteiger partial charge < -0.3 is 4.57 Å². The van der Waals surface area contributed by atoms with Crippen molar-refractivity contribution in [2.24, 2.45) is 0 Å². The monoisotopic (exact) mass is 650 g/mol. The summed E-state index contributed by atoms with van der Waals surface area (Å²) >= 11 is 0. The maximum atomic E-state index is 5.17. The summed E-state index contributed by atoms with van der Waals surface area (Å²) < 4.78 is 2.34. The highest BCUT2D eigenvalue weighted by atomic mass is 15.0. The van der Waals surface area contributed by atoms with E-state index < -0.39 is 0 Å². The van der Waals surface area contributed by atoms with Crippen LogP contribution in [0.4, 0.5) is 0 Å². The van der Waals surface area contributed by atoms with Gasteiger partial charge in [0.05, 0.1) is 27.9 Å². The van der Waals surface area contributed by atoms with Crippen molar-refractivity contribution in [3.63, 3.8) is 0 Å². The Hall–Kier alpha value is -6.91. The Morgan fingerprint density at radius 3 is 1.71 bits per heavy atom. The molecule has 0 saturated carbocycles. The summed E-state index contributed by atoms with van der Waals surface area (Å²) in [5, 5.41) is 6.01. The number of nitrogens with zero attached hydrogens (tertiary/aromatic N) is 4. The molecule has 0 atom stereocenters. The molecule has 0 bridgehead atoms. The fraction of sp³-hybridized carbons (Fsp3) is 0. The number of fused-ring (bicyclic) bond motifs is 5. The second-order valence-electron chi connectivity index (χ2n) is 12.9. The molecule has 51 heavy (non-hydrogen) atoms. The molecule has 0 saturated heterocycles. The van der Waals surface area contributed by atoms with E-state index in [-0.39, 0.29) is 0 Å². The van der Waals surface area contributed by atoms with Crippen molar-refractivity contribution in [3.05, 3.63) is 182 Å². The van der Waals surface area contributed by atoms with Crippen LogP contribution >= 0.6 is 0 Å². The Morgan fingerprint density at radius 1 is 0.373 bits per heavy atom. The summed E-state index contributed by atoms with van der Waals surface area (Å²) in [6.45, 7) is 0. The molecule has 0 N–H and O–H groups in total. The Balaban J connectivity index is 1.07. The third-order valence-corrected chi connectivity index (χ3v) is 9.85. The predicted octanol–water partition coefficient (Wildman–Crippen LogP) is 11.9. The molecule has 0 aliphatic rings. The van der Waals surface area contributed by atoms with Crippen LogP contribution in [0.2, 0.25) is 0 Å². The zero-order valence-electron chi connectivity index (χ0n) is 27.6. The van der Waals surface area contributed by atoms with Crippen molar-refractivity contribution in [1.29, 1.82) is 0 Å². The summed E-state index contributed by atoms with van der Waals surface area (Å²) in [4.78, 5) is 14.8. The van der Waals surface area contributed by atoms with Crippen LogP contribution < -0.4 is 0 Å². The Bertz CT molecular complexity index is 2850.